The van der Waals surface area contributed by atoms with E-state index in [9.17, 15) is 9.90 Å². The summed E-state index contributed by atoms with van der Waals surface area (Å²) in [4.78, 5) is 17.7. The molecule has 0 unspecified atom stereocenters. The molecule has 1 fully saturated rings. The number of carbonyl (C=O) groups is 1. The van der Waals surface area contributed by atoms with E-state index in [2.05, 4.69) is 36.1 Å². The molecule has 0 aliphatic carbocycles. The normalized spacial score (nSPS) is 19.0. The zero-order valence-corrected chi connectivity index (χ0v) is 21.7. The topological polar surface area (TPSA) is 71.5 Å². The van der Waals surface area contributed by atoms with Gasteiger partial charge in [-0.05, 0) is 67.3 Å². The summed E-state index contributed by atoms with van der Waals surface area (Å²) in [7, 11) is 1.71. The average molecular weight is 497 g/mol. The number of fused-ring (bicyclic) bond motifs is 1. The molecule has 0 aromatic heterocycles. The second-order valence-corrected chi connectivity index (χ2v) is 9.79. The van der Waals surface area contributed by atoms with E-state index in [1.807, 2.05) is 23.1 Å². The van der Waals surface area contributed by atoms with Gasteiger partial charge in [0.15, 0.2) is 11.5 Å². The highest BCUT2D eigenvalue weighted by molar-refractivity contribution is 5.78. The van der Waals surface area contributed by atoms with E-state index < -0.39 is 0 Å². The lowest BCUT2D eigenvalue weighted by atomic mass is 9.94. The Kier molecular flexibility index (Phi) is 9.47. The molecule has 2 heterocycles. The minimum Gasteiger partial charge on any atom is -0.496 e. The maximum Gasteiger partial charge on any atom is 0.236 e. The summed E-state index contributed by atoms with van der Waals surface area (Å²) in [6.45, 7) is 5.12. The number of rotatable bonds is 13. The molecule has 2 aromatic carbocycles. The molecule has 1 saturated heterocycles. The highest BCUT2D eigenvalue weighted by Crippen LogP contribution is 2.39. The summed E-state index contributed by atoms with van der Waals surface area (Å²) in [5.74, 6) is 3.01. The van der Waals surface area contributed by atoms with Gasteiger partial charge < -0.3 is 24.2 Å². The Balaban J connectivity index is 1.48. The second-order valence-electron chi connectivity index (χ2n) is 9.79. The van der Waals surface area contributed by atoms with Crippen LogP contribution in [0.1, 0.15) is 56.1 Å². The Morgan fingerprint density at radius 1 is 1.14 bits per heavy atom. The van der Waals surface area contributed by atoms with Gasteiger partial charge in [-0.25, -0.2) is 0 Å². The van der Waals surface area contributed by atoms with E-state index >= 15 is 0 Å². The number of ether oxygens (including phenoxy) is 3. The van der Waals surface area contributed by atoms with Crippen LogP contribution >= 0.6 is 0 Å². The van der Waals surface area contributed by atoms with Crippen LogP contribution in [-0.2, 0) is 11.2 Å². The third-order valence-electron chi connectivity index (χ3n) is 7.39. The molecule has 2 aliphatic heterocycles. The number of aryl methyl sites for hydroxylation is 1. The van der Waals surface area contributed by atoms with Crippen LogP contribution in [-0.4, -0.2) is 73.5 Å². The van der Waals surface area contributed by atoms with Gasteiger partial charge in [-0.2, -0.15) is 0 Å². The van der Waals surface area contributed by atoms with Crippen molar-refractivity contribution in [3.8, 4) is 17.2 Å². The van der Waals surface area contributed by atoms with E-state index in [-0.39, 0.29) is 19.3 Å². The molecule has 2 atom stereocenters. The number of nitrogens with zero attached hydrogens (tertiary/aromatic N) is 2. The predicted molar refractivity (Wildman–Crippen MR) is 140 cm³/mol. The van der Waals surface area contributed by atoms with Gasteiger partial charge in [-0.15, -0.1) is 0 Å². The molecule has 0 saturated carbocycles. The lowest BCUT2D eigenvalue weighted by Crippen LogP contribution is -2.43. The third kappa shape index (κ3) is 6.51. The molecule has 1 amide bonds. The third-order valence-corrected chi connectivity index (χ3v) is 7.39. The Labute approximate surface area is 214 Å². The summed E-state index contributed by atoms with van der Waals surface area (Å²) in [6.07, 6.45) is 5.49. The van der Waals surface area contributed by atoms with E-state index in [0.29, 0.717) is 31.5 Å². The summed E-state index contributed by atoms with van der Waals surface area (Å²) in [6, 6.07) is 14.7. The molecule has 7 nitrogen and oxygen atoms in total. The minimum absolute atomic E-state index is 0.105. The van der Waals surface area contributed by atoms with Gasteiger partial charge in [-0.3, -0.25) is 9.69 Å². The number of benzene rings is 2. The van der Waals surface area contributed by atoms with Crippen LogP contribution < -0.4 is 14.2 Å². The van der Waals surface area contributed by atoms with Crippen LogP contribution in [0.15, 0.2) is 42.5 Å². The first-order chi connectivity index (χ1) is 17.6. The molecule has 2 aliphatic rings. The van der Waals surface area contributed by atoms with Crippen molar-refractivity contribution < 1.29 is 24.1 Å². The summed E-state index contributed by atoms with van der Waals surface area (Å²) in [5, 5.41) is 9.32. The van der Waals surface area contributed by atoms with Crippen LogP contribution in [0, 0.1) is 0 Å². The quantitative estimate of drug-likeness (QED) is 0.448. The number of unbranched alkanes of at least 4 members (excludes halogenated alkanes) is 1. The first-order valence-corrected chi connectivity index (χ1v) is 13.3. The first kappa shape index (κ1) is 26.3. The summed E-state index contributed by atoms with van der Waals surface area (Å²) in [5.41, 5.74) is 2.44. The zero-order chi connectivity index (χ0) is 25.3. The molecule has 0 radical (unpaired) electrons. The first-order valence-electron chi connectivity index (χ1n) is 13.3. The number of aliphatic hydroxyl groups excluding tert-OH is 1. The Hall–Kier alpha value is -2.77. The van der Waals surface area contributed by atoms with Crippen molar-refractivity contribution in [1.29, 1.82) is 0 Å². The van der Waals surface area contributed by atoms with Gasteiger partial charge in [0.2, 0.25) is 12.7 Å². The van der Waals surface area contributed by atoms with Crippen molar-refractivity contribution >= 4 is 5.91 Å². The molecule has 36 heavy (non-hydrogen) atoms. The van der Waals surface area contributed by atoms with Crippen LogP contribution in [0.4, 0.5) is 0 Å². The maximum absolute atomic E-state index is 13.4. The van der Waals surface area contributed by atoms with Crippen molar-refractivity contribution in [2.45, 2.75) is 57.4 Å². The fraction of sp³-hybridized carbons (Fsp3) is 0.552. The standard InChI is InChI=1S/C29H40N2O5/c1-3-4-14-30(15-7-16-32)29(33)20-31-19-24(23-11-13-27-28(18-23)36-21-35-27)17-25(31)12-10-22-8-5-6-9-26(22)34-2/h5-6,8-9,11,13,18,24-25,32H,3-4,7,10,12,14-17,19-21H2,1-2H3/t24-,25+/m1/s1. The summed E-state index contributed by atoms with van der Waals surface area (Å²) >= 11 is 0. The van der Waals surface area contributed by atoms with Crippen molar-refractivity contribution in [2.24, 2.45) is 0 Å². The van der Waals surface area contributed by atoms with E-state index in [1.54, 1.807) is 7.11 Å². The van der Waals surface area contributed by atoms with Crippen molar-refractivity contribution in [3.63, 3.8) is 0 Å². The Morgan fingerprint density at radius 3 is 2.75 bits per heavy atom. The van der Waals surface area contributed by atoms with Crippen molar-refractivity contribution in [3.05, 3.63) is 53.6 Å². The zero-order valence-electron chi connectivity index (χ0n) is 21.7. The SMILES string of the molecule is CCCCN(CCCO)C(=O)CN1C[C@H](c2ccc3c(c2)OCO3)C[C@@H]1CCc1ccccc1OC. The maximum atomic E-state index is 13.4. The number of para-hydroxylation sites is 1. The lowest BCUT2D eigenvalue weighted by molar-refractivity contribution is -0.133. The number of methoxy groups -OCH3 is 1. The average Bonchev–Trinajstić information content (AvgIpc) is 3.54. The fourth-order valence-corrected chi connectivity index (χ4v) is 5.36. The highest BCUT2D eigenvalue weighted by Gasteiger charge is 2.35. The molecule has 1 N–H and O–H groups in total. The molecular formula is C29H40N2O5. The monoisotopic (exact) mass is 496 g/mol. The van der Waals surface area contributed by atoms with Crippen molar-refractivity contribution in [1.82, 2.24) is 9.80 Å². The van der Waals surface area contributed by atoms with Gasteiger partial charge in [-0.1, -0.05) is 37.6 Å². The number of hydrogen-bond donors (Lipinski definition) is 1. The van der Waals surface area contributed by atoms with Gasteiger partial charge in [0.05, 0.1) is 13.7 Å². The van der Waals surface area contributed by atoms with Crippen LogP contribution in [0.5, 0.6) is 17.2 Å². The van der Waals surface area contributed by atoms with Crippen LogP contribution in [0.3, 0.4) is 0 Å². The van der Waals surface area contributed by atoms with E-state index in [0.717, 1.165) is 62.4 Å². The molecule has 7 heteroatoms. The number of carbonyl (C=O) groups excluding carboxylic acids is 1. The van der Waals surface area contributed by atoms with E-state index in [1.165, 1.54) is 11.1 Å². The highest BCUT2D eigenvalue weighted by atomic mass is 16.7. The summed E-state index contributed by atoms with van der Waals surface area (Å²) < 4.78 is 16.7. The van der Waals surface area contributed by atoms with E-state index in [4.69, 9.17) is 14.2 Å². The smallest absolute Gasteiger partial charge is 0.236 e. The largest absolute Gasteiger partial charge is 0.496 e. The minimum atomic E-state index is 0.105. The van der Waals surface area contributed by atoms with Crippen LogP contribution in [0.25, 0.3) is 0 Å². The molecule has 196 valence electrons. The van der Waals surface area contributed by atoms with Crippen molar-refractivity contribution in [2.75, 3.05) is 46.7 Å². The molecule has 4 rings (SSSR count). The molecule has 2 aromatic rings. The Morgan fingerprint density at radius 2 is 1.94 bits per heavy atom. The number of hydrogen-bond acceptors (Lipinski definition) is 6. The molecule has 0 spiro atoms. The number of likely N-dealkylation sites (tertiary alicyclic amines) is 1. The number of amides is 1. The fourth-order valence-electron chi connectivity index (χ4n) is 5.36. The molecule has 0 bridgehead atoms. The second kappa shape index (κ2) is 13.0. The van der Waals surface area contributed by atoms with Crippen LogP contribution in [0.2, 0.25) is 0 Å². The van der Waals surface area contributed by atoms with Gasteiger partial charge in [0.25, 0.3) is 0 Å². The lowest BCUT2D eigenvalue weighted by Gasteiger charge is -2.28. The predicted octanol–water partition coefficient (Wildman–Crippen LogP) is 4.23. The Bertz CT molecular complexity index is 989. The number of aliphatic hydroxyl groups is 1. The van der Waals surface area contributed by atoms with Gasteiger partial charge >= 0.3 is 0 Å². The van der Waals surface area contributed by atoms with Gasteiger partial charge in [0.1, 0.15) is 5.75 Å². The molecular weight excluding hydrogens is 456 g/mol. The van der Waals surface area contributed by atoms with Gasteiger partial charge in [0, 0.05) is 32.3 Å².